The van der Waals surface area contributed by atoms with E-state index >= 15 is 0 Å². The minimum atomic E-state index is -0.0803. The van der Waals surface area contributed by atoms with E-state index in [1.54, 1.807) is 18.1 Å². The standard InChI is InChI=1S/C10H17N3O/c1-3-8(7-11)10(14)13(2)9-5-4-6-12-9/h4-6,8,12H,3,7,11H2,1-2H3. The fourth-order valence-electron chi connectivity index (χ4n) is 1.36. The Kier molecular flexibility index (Phi) is 3.71. The van der Waals surface area contributed by atoms with E-state index < -0.39 is 0 Å². The van der Waals surface area contributed by atoms with Crippen LogP contribution in [-0.4, -0.2) is 24.5 Å². The second-order valence-electron chi connectivity index (χ2n) is 3.29. The van der Waals surface area contributed by atoms with Crippen LogP contribution < -0.4 is 10.6 Å². The lowest BCUT2D eigenvalue weighted by Gasteiger charge is -2.20. The molecule has 4 nitrogen and oxygen atoms in total. The third-order valence-corrected chi connectivity index (χ3v) is 2.40. The third-order valence-electron chi connectivity index (χ3n) is 2.40. The topological polar surface area (TPSA) is 62.1 Å². The highest BCUT2D eigenvalue weighted by Gasteiger charge is 2.19. The van der Waals surface area contributed by atoms with Crippen molar-refractivity contribution < 1.29 is 4.79 Å². The van der Waals surface area contributed by atoms with Gasteiger partial charge in [0.1, 0.15) is 5.82 Å². The van der Waals surface area contributed by atoms with E-state index in [9.17, 15) is 4.79 Å². The Morgan fingerprint density at radius 2 is 2.43 bits per heavy atom. The molecule has 0 saturated heterocycles. The van der Waals surface area contributed by atoms with Crippen molar-refractivity contribution in [3.63, 3.8) is 0 Å². The van der Waals surface area contributed by atoms with Crippen molar-refractivity contribution in [1.82, 2.24) is 4.98 Å². The van der Waals surface area contributed by atoms with E-state index in [-0.39, 0.29) is 11.8 Å². The quantitative estimate of drug-likeness (QED) is 0.751. The van der Waals surface area contributed by atoms with Crippen LogP contribution in [-0.2, 0) is 4.79 Å². The summed E-state index contributed by atoms with van der Waals surface area (Å²) in [6, 6.07) is 3.73. The van der Waals surface area contributed by atoms with Crippen LogP contribution in [0, 0.1) is 5.92 Å². The summed E-state index contributed by atoms with van der Waals surface area (Å²) in [4.78, 5) is 16.4. The van der Waals surface area contributed by atoms with Gasteiger partial charge >= 0.3 is 0 Å². The highest BCUT2D eigenvalue weighted by atomic mass is 16.2. The van der Waals surface area contributed by atoms with Gasteiger partial charge < -0.3 is 15.6 Å². The van der Waals surface area contributed by atoms with Crippen molar-refractivity contribution in [2.75, 3.05) is 18.5 Å². The highest BCUT2D eigenvalue weighted by Crippen LogP contribution is 2.13. The molecule has 1 heterocycles. The number of hydrogen-bond donors (Lipinski definition) is 2. The van der Waals surface area contributed by atoms with Crippen molar-refractivity contribution in [1.29, 1.82) is 0 Å². The number of hydrogen-bond acceptors (Lipinski definition) is 2. The Morgan fingerprint density at radius 1 is 1.71 bits per heavy atom. The number of H-pyrrole nitrogens is 1. The largest absolute Gasteiger partial charge is 0.348 e. The van der Waals surface area contributed by atoms with Gasteiger partial charge in [-0.2, -0.15) is 0 Å². The Hall–Kier alpha value is -1.29. The summed E-state index contributed by atoms with van der Waals surface area (Å²) in [6.45, 7) is 2.37. The van der Waals surface area contributed by atoms with Crippen LogP contribution in [0.3, 0.4) is 0 Å². The first-order chi connectivity index (χ1) is 6.70. The van der Waals surface area contributed by atoms with Crippen molar-refractivity contribution >= 4 is 11.7 Å². The monoisotopic (exact) mass is 195 g/mol. The average molecular weight is 195 g/mol. The smallest absolute Gasteiger partial charge is 0.232 e. The molecule has 1 aromatic heterocycles. The maximum atomic E-state index is 11.8. The van der Waals surface area contributed by atoms with Gasteiger partial charge in [-0.1, -0.05) is 6.92 Å². The van der Waals surface area contributed by atoms with Gasteiger partial charge in [0, 0.05) is 19.8 Å². The van der Waals surface area contributed by atoms with Gasteiger partial charge in [0.05, 0.1) is 5.92 Å². The number of aromatic nitrogens is 1. The number of nitrogens with one attached hydrogen (secondary N) is 1. The van der Waals surface area contributed by atoms with E-state index in [1.165, 1.54) is 0 Å². The normalized spacial score (nSPS) is 12.5. The van der Waals surface area contributed by atoms with Crippen LogP contribution in [0.15, 0.2) is 18.3 Å². The van der Waals surface area contributed by atoms with E-state index in [1.807, 2.05) is 19.1 Å². The Bertz CT molecular complexity index is 278. The summed E-state index contributed by atoms with van der Waals surface area (Å²) in [5.74, 6) is 0.794. The minimum Gasteiger partial charge on any atom is -0.348 e. The van der Waals surface area contributed by atoms with Crippen LogP contribution >= 0.6 is 0 Å². The fraction of sp³-hybridized carbons (Fsp3) is 0.500. The molecule has 1 aromatic rings. The Morgan fingerprint density at radius 3 is 2.86 bits per heavy atom. The van der Waals surface area contributed by atoms with Crippen molar-refractivity contribution in [3.8, 4) is 0 Å². The second kappa shape index (κ2) is 4.81. The van der Waals surface area contributed by atoms with Crippen LogP contribution in [0.5, 0.6) is 0 Å². The van der Waals surface area contributed by atoms with E-state index in [0.29, 0.717) is 6.54 Å². The molecule has 0 saturated carbocycles. The third kappa shape index (κ3) is 2.14. The van der Waals surface area contributed by atoms with Gasteiger partial charge in [-0.3, -0.25) is 4.79 Å². The van der Waals surface area contributed by atoms with Crippen LogP contribution in [0.25, 0.3) is 0 Å². The van der Waals surface area contributed by atoms with Crippen molar-refractivity contribution in [3.05, 3.63) is 18.3 Å². The summed E-state index contributed by atoms with van der Waals surface area (Å²) in [5, 5.41) is 0. The first kappa shape index (κ1) is 10.8. The lowest BCUT2D eigenvalue weighted by molar-refractivity contribution is -0.121. The van der Waals surface area contributed by atoms with Crippen molar-refractivity contribution in [2.24, 2.45) is 11.7 Å². The molecule has 0 spiro atoms. The van der Waals surface area contributed by atoms with E-state index in [0.717, 1.165) is 12.2 Å². The van der Waals surface area contributed by atoms with Crippen LogP contribution in [0.1, 0.15) is 13.3 Å². The Labute approximate surface area is 84.1 Å². The average Bonchev–Trinajstić information content (AvgIpc) is 2.71. The molecule has 0 fully saturated rings. The zero-order valence-corrected chi connectivity index (χ0v) is 8.66. The molecule has 0 aromatic carbocycles. The first-order valence-corrected chi connectivity index (χ1v) is 4.81. The number of carbonyl (C=O) groups is 1. The molecule has 1 atom stereocenters. The number of amides is 1. The zero-order valence-electron chi connectivity index (χ0n) is 8.66. The predicted molar refractivity (Wildman–Crippen MR) is 57.0 cm³/mol. The second-order valence-corrected chi connectivity index (χ2v) is 3.29. The van der Waals surface area contributed by atoms with Gasteiger partial charge in [0.25, 0.3) is 0 Å². The lowest BCUT2D eigenvalue weighted by Crippen LogP contribution is -2.36. The molecule has 0 radical (unpaired) electrons. The molecular formula is C10H17N3O. The Balaban J connectivity index is 2.69. The summed E-state index contributed by atoms with van der Waals surface area (Å²) in [7, 11) is 1.76. The van der Waals surface area contributed by atoms with Crippen LogP contribution in [0.2, 0.25) is 0 Å². The summed E-state index contributed by atoms with van der Waals surface area (Å²) >= 11 is 0. The molecule has 3 N–H and O–H groups in total. The van der Waals surface area contributed by atoms with Gasteiger partial charge in [-0.05, 0) is 18.6 Å². The maximum absolute atomic E-state index is 11.8. The molecule has 1 rings (SSSR count). The fourth-order valence-corrected chi connectivity index (χ4v) is 1.36. The molecule has 0 bridgehead atoms. The molecule has 4 heteroatoms. The van der Waals surface area contributed by atoms with Gasteiger partial charge in [-0.15, -0.1) is 0 Å². The number of anilines is 1. The highest BCUT2D eigenvalue weighted by molar-refractivity contribution is 5.93. The summed E-state index contributed by atoms with van der Waals surface area (Å²) in [5.41, 5.74) is 5.52. The minimum absolute atomic E-state index is 0.0671. The van der Waals surface area contributed by atoms with Crippen LogP contribution in [0.4, 0.5) is 5.82 Å². The van der Waals surface area contributed by atoms with E-state index in [2.05, 4.69) is 4.98 Å². The molecular weight excluding hydrogens is 178 g/mol. The number of nitrogens with two attached hydrogens (primary N) is 1. The molecule has 0 aliphatic carbocycles. The predicted octanol–water partition coefficient (Wildman–Crippen LogP) is 0.962. The van der Waals surface area contributed by atoms with E-state index in [4.69, 9.17) is 5.73 Å². The van der Waals surface area contributed by atoms with Crippen molar-refractivity contribution in [2.45, 2.75) is 13.3 Å². The summed E-state index contributed by atoms with van der Waals surface area (Å²) < 4.78 is 0. The molecule has 1 amide bonds. The molecule has 0 aliphatic rings. The molecule has 0 aliphatic heterocycles. The number of nitrogens with zero attached hydrogens (tertiary/aromatic N) is 1. The van der Waals surface area contributed by atoms with Gasteiger partial charge in [0.15, 0.2) is 0 Å². The molecule has 78 valence electrons. The summed E-state index contributed by atoms with van der Waals surface area (Å²) in [6.07, 6.45) is 2.57. The zero-order chi connectivity index (χ0) is 10.6. The number of rotatable bonds is 4. The van der Waals surface area contributed by atoms with Gasteiger partial charge in [0.2, 0.25) is 5.91 Å². The number of carbonyl (C=O) groups excluding carboxylic acids is 1. The number of aromatic amines is 1. The molecule has 1 unspecified atom stereocenters. The molecule has 14 heavy (non-hydrogen) atoms. The SMILES string of the molecule is CCC(CN)C(=O)N(C)c1ccc[nH]1. The first-order valence-electron chi connectivity index (χ1n) is 4.81. The van der Waals surface area contributed by atoms with Gasteiger partial charge in [-0.25, -0.2) is 0 Å². The lowest BCUT2D eigenvalue weighted by atomic mass is 10.1. The maximum Gasteiger partial charge on any atom is 0.232 e.